The van der Waals surface area contributed by atoms with Gasteiger partial charge < -0.3 is 26.2 Å². The smallest absolute Gasteiger partial charge is 0.314 e. The van der Waals surface area contributed by atoms with Crippen molar-refractivity contribution in [2.75, 3.05) is 44.9 Å². The van der Waals surface area contributed by atoms with Crippen LogP contribution in [0.25, 0.3) is 0 Å². The van der Waals surface area contributed by atoms with Gasteiger partial charge in [0.2, 0.25) is 5.91 Å². The third-order valence-corrected chi connectivity index (χ3v) is 6.27. The molecule has 0 aliphatic carbocycles. The number of halogens is 2. The molecule has 1 fully saturated rings. The fraction of sp³-hybridized carbons (Fsp3) is 0.533. The molecule has 230 valence electrons. The van der Waals surface area contributed by atoms with Gasteiger partial charge in [0.05, 0.1) is 17.3 Å². The maximum atomic E-state index is 12.7. The number of urea groups is 1. The van der Waals surface area contributed by atoms with E-state index in [9.17, 15) is 14.4 Å². The number of rotatable bonds is 11. The summed E-state index contributed by atoms with van der Waals surface area (Å²) in [6.45, 7) is 11.4. The lowest BCUT2D eigenvalue weighted by atomic mass is 10.1. The molecule has 1 aliphatic rings. The van der Waals surface area contributed by atoms with E-state index in [1.54, 1.807) is 32.2 Å². The molecular weight excluding hydrogens is 563 g/mol. The second kappa shape index (κ2) is 22.6. The largest absolute Gasteiger partial charge is 0.386 e. The predicted molar refractivity (Wildman–Crippen MR) is 174 cm³/mol. The number of likely N-dealkylation sites (tertiary alicyclic amines) is 1. The van der Waals surface area contributed by atoms with Crippen molar-refractivity contribution in [1.82, 2.24) is 20.9 Å². The third kappa shape index (κ3) is 14.4. The van der Waals surface area contributed by atoms with E-state index in [-0.39, 0.29) is 35.7 Å². The molecule has 41 heavy (non-hydrogen) atoms. The Bertz CT molecular complexity index is 1030. The van der Waals surface area contributed by atoms with Gasteiger partial charge in [0, 0.05) is 62.5 Å². The zero-order valence-electron chi connectivity index (χ0n) is 25.5. The highest BCUT2D eigenvalue weighted by molar-refractivity contribution is 6.31. The number of aliphatic imine (C=N–C) groups is 1. The number of carbonyl (C=O) groups excluding carboxylic acids is 3. The van der Waals surface area contributed by atoms with E-state index < -0.39 is 0 Å². The van der Waals surface area contributed by atoms with Gasteiger partial charge in [-0.05, 0) is 44.4 Å². The molecule has 4 amide bonds. The number of alkyl halides is 1. The van der Waals surface area contributed by atoms with Crippen molar-refractivity contribution in [2.45, 2.75) is 59.9 Å². The molecule has 1 unspecified atom stereocenters. The van der Waals surface area contributed by atoms with Crippen molar-refractivity contribution in [3.8, 4) is 0 Å². The van der Waals surface area contributed by atoms with Crippen LogP contribution in [0.4, 0.5) is 16.2 Å². The number of allylic oxidation sites excluding steroid dienone is 1. The van der Waals surface area contributed by atoms with E-state index in [1.807, 2.05) is 64.1 Å². The number of carbonyl (C=O) groups is 3. The van der Waals surface area contributed by atoms with Crippen LogP contribution in [-0.4, -0.2) is 74.6 Å². The molecule has 0 spiro atoms. The number of likely N-dealkylation sites (N-methyl/N-ethyl adjacent to an activating group) is 1. The second-order valence-electron chi connectivity index (χ2n) is 8.74. The first-order valence-electron chi connectivity index (χ1n) is 14.2. The van der Waals surface area contributed by atoms with Crippen molar-refractivity contribution in [1.29, 1.82) is 0 Å². The van der Waals surface area contributed by atoms with Crippen LogP contribution < -0.4 is 21.3 Å². The molecule has 2 atom stereocenters. The van der Waals surface area contributed by atoms with Gasteiger partial charge in [-0.25, -0.2) is 4.79 Å². The fourth-order valence-electron chi connectivity index (χ4n) is 3.84. The van der Waals surface area contributed by atoms with Gasteiger partial charge in [0.1, 0.15) is 0 Å². The van der Waals surface area contributed by atoms with Gasteiger partial charge in [-0.15, -0.1) is 11.6 Å². The standard InChI is InChI=1S/C18H29ClN4O3.C10H13ClN2.C2H6/c1-4-21-18(26)22-12-15-6-5-11-23(15)17(25)13(2)7-8-14(9-10-19)16(24)20-3;1-3-6-13-10-7-8(11)4-5-9(10)12-2;1-2/h7-9,13,15H,4-6,10-12H2,1-3H3,(H,20,24)(H2,21,22,26);4-7,12H,3H2,1-2H3;1-2H3/b8-7-,14-9+;;/t13?,15-;;/m1../s1. The van der Waals surface area contributed by atoms with Crippen LogP contribution in [0.15, 0.2) is 47.0 Å². The Balaban J connectivity index is 0.000000889. The molecular formula is C30H48Cl2N6O3. The van der Waals surface area contributed by atoms with Crippen molar-refractivity contribution in [3.05, 3.63) is 47.0 Å². The highest BCUT2D eigenvalue weighted by Gasteiger charge is 2.30. The summed E-state index contributed by atoms with van der Waals surface area (Å²) in [6.07, 6.45) is 9.51. The first-order chi connectivity index (χ1) is 19.7. The summed E-state index contributed by atoms with van der Waals surface area (Å²) < 4.78 is 0. The van der Waals surface area contributed by atoms with E-state index in [1.165, 1.54) is 0 Å². The Morgan fingerprint density at radius 2 is 1.88 bits per heavy atom. The van der Waals surface area contributed by atoms with Crippen LogP contribution in [0.5, 0.6) is 0 Å². The Morgan fingerprint density at radius 3 is 2.46 bits per heavy atom. The lowest BCUT2D eigenvalue weighted by Crippen LogP contribution is -2.46. The maximum absolute atomic E-state index is 12.7. The predicted octanol–water partition coefficient (Wildman–Crippen LogP) is 5.92. The number of nitrogens with zero attached hydrogens (tertiary/aromatic N) is 2. The monoisotopic (exact) mass is 610 g/mol. The minimum atomic E-state index is -0.372. The summed E-state index contributed by atoms with van der Waals surface area (Å²) in [5.41, 5.74) is 2.31. The Hall–Kier alpha value is -3.04. The molecule has 0 radical (unpaired) electrons. The minimum Gasteiger partial charge on any atom is -0.386 e. The molecule has 1 aliphatic heterocycles. The topological polar surface area (TPSA) is 115 Å². The molecule has 4 N–H and O–H groups in total. The van der Waals surface area contributed by atoms with Crippen molar-refractivity contribution in [3.63, 3.8) is 0 Å². The number of anilines is 1. The van der Waals surface area contributed by atoms with Crippen molar-refractivity contribution in [2.24, 2.45) is 10.9 Å². The van der Waals surface area contributed by atoms with Gasteiger partial charge in [-0.3, -0.25) is 14.6 Å². The van der Waals surface area contributed by atoms with Crippen molar-refractivity contribution >= 4 is 58.6 Å². The van der Waals surface area contributed by atoms with E-state index in [0.717, 1.165) is 30.6 Å². The number of hydrogen-bond donors (Lipinski definition) is 4. The highest BCUT2D eigenvalue weighted by Crippen LogP contribution is 2.27. The maximum Gasteiger partial charge on any atom is 0.314 e. The molecule has 1 aromatic rings. The lowest BCUT2D eigenvalue weighted by molar-refractivity contribution is -0.134. The van der Waals surface area contributed by atoms with Crippen LogP contribution in [0, 0.1) is 5.92 Å². The Morgan fingerprint density at radius 1 is 1.17 bits per heavy atom. The van der Waals surface area contributed by atoms with Gasteiger partial charge in [0.15, 0.2) is 0 Å². The van der Waals surface area contributed by atoms with Gasteiger partial charge in [-0.1, -0.05) is 57.5 Å². The number of hydrogen-bond acceptors (Lipinski definition) is 5. The van der Waals surface area contributed by atoms with Crippen LogP contribution in [-0.2, 0) is 9.59 Å². The van der Waals surface area contributed by atoms with E-state index in [4.69, 9.17) is 23.2 Å². The summed E-state index contributed by atoms with van der Waals surface area (Å²) in [5, 5.41) is 11.8. The summed E-state index contributed by atoms with van der Waals surface area (Å²) in [4.78, 5) is 42.1. The molecule has 9 nitrogen and oxygen atoms in total. The fourth-order valence-corrected chi connectivity index (χ4v) is 4.17. The Labute approximate surface area is 256 Å². The SMILES string of the molecule is CC.CCC=Nc1cc(Cl)ccc1NC.CCNC(=O)NC[C@H]1CCCN1C(=O)C(C)/C=C\C(=C/CCl)C(=O)NC. The van der Waals surface area contributed by atoms with Gasteiger partial charge in [-0.2, -0.15) is 0 Å². The highest BCUT2D eigenvalue weighted by atomic mass is 35.5. The van der Waals surface area contributed by atoms with Crippen LogP contribution in [0.1, 0.15) is 53.9 Å². The molecule has 1 aromatic carbocycles. The zero-order chi connectivity index (χ0) is 31.2. The molecule has 0 bridgehead atoms. The van der Waals surface area contributed by atoms with E-state index in [2.05, 4.69) is 26.3 Å². The normalized spacial score (nSPS) is 15.4. The van der Waals surface area contributed by atoms with E-state index >= 15 is 0 Å². The zero-order valence-corrected chi connectivity index (χ0v) is 27.0. The van der Waals surface area contributed by atoms with Gasteiger partial charge >= 0.3 is 6.03 Å². The summed E-state index contributed by atoms with van der Waals surface area (Å²) >= 11 is 11.5. The van der Waals surface area contributed by atoms with Crippen molar-refractivity contribution < 1.29 is 14.4 Å². The number of benzene rings is 1. The molecule has 11 heteroatoms. The molecule has 1 heterocycles. The van der Waals surface area contributed by atoms with E-state index in [0.29, 0.717) is 30.2 Å². The Kier molecular flexibility index (Phi) is 20.9. The summed E-state index contributed by atoms with van der Waals surface area (Å²) in [5.74, 6) is -0.409. The van der Waals surface area contributed by atoms with Crippen LogP contribution in [0.2, 0.25) is 5.02 Å². The average molecular weight is 612 g/mol. The molecule has 0 saturated carbocycles. The van der Waals surface area contributed by atoms with Crippen LogP contribution in [0.3, 0.4) is 0 Å². The summed E-state index contributed by atoms with van der Waals surface area (Å²) in [7, 11) is 3.41. The average Bonchev–Trinajstić information content (AvgIpc) is 3.46. The first-order valence-corrected chi connectivity index (χ1v) is 15.1. The van der Waals surface area contributed by atoms with Crippen LogP contribution >= 0.6 is 23.2 Å². The third-order valence-electron chi connectivity index (χ3n) is 5.88. The molecule has 2 rings (SSSR count). The number of nitrogens with one attached hydrogen (secondary N) is 4. The lowest BCUT2D eigenvalue weighted by Gasteiger charge is -2.27. The summed E-state index contributed by atoms with van der Waals surface area (Å²) in [6, 6.07) is 5.39. The second-order valence-corrected chi connectivity index (χ2v) is 9.49. The first kappa shape index (κ1) is 38.0. The molecule has 0 aromatic heterocycles. The van der Waals surface area contributed by atoms with Gasteiger partial charge in [0.25, 0.3) is 5.91 Å². The quantitative estimate of drug-likeness (QED) is 0.108. The number of amides is 4. The molecule has 1 saturated heterocycles. The minimum absolute atomic E-state index is 0.00208.